The molecule has 0 saturated carbocycles. The van der Waals surface area contributed by atoms with E-state index in [0.717, 1.165) is 5.56 Å². The molecule has 2 rings (SSSR count). The number of hydrogen-bond donors (Lipinski definition) is 2. The van der Waals surface area contributed by atoms with E-state index >= 15 is 0 Å². The normalized spacial score (nSPS) is 10.7. The maximum absolute atomic E-state index is 11.3. The number of hydrazone groups is 1. The first-order valence-electron chi connectivity index (χ1n) is 6.35. The van der Waals surface area contributed by atoms with Crippen molar-refractivity contribution in [3.8, 4) is 5.75 Å². The number of rotatable bonds is 6. The first-order valence-corrected chi connectivity index (χ1v) is 7.23. The molecule has 0 aliphatic carbocycles. The van der Waals surface area contributed by atoms with Crippen LogP contribution in [0, 0.1) is 0 Å². The van der Waals surface area contributed by atoms with E-state index in [2.05, 4.69) is 15.5 Å². The molecule has 0 bridgehead atoms. The summed E-state index contributed by atoms with van der Waals surface area (Å²) < 4.78 is 4.86. The lowest BCUT2D eigenvalue weighted by Crippen LogP contribution is -2.07. The number of carbonyl (C=O) groups is 1. The molecule has 2 N–H and O–H groups in total. The standard InChI is InChI=1S/C14H15N3O3S/c1-2-20-13(19)7-11-9-21-14(16-11)17-15-8-10-4-3-5-12(18)6-10/h3-6,8-9,18H,2,7H2,1H3,(H,16,17)/b15-8-. The number of phenolic OH excluding ortho intramolecular Hbond substituents is 1. The molecule has 0 fully saturated rings. The van der Waals surface area contributed by atoms with Crippen molar-refractivity contribution in [2.75, 3.05) is 12.0 Å². The van der Waals surface area contributed by atoms with Gasteiger partial charge in [-0.1, -0.05) is 12.1 Å². The van der Waals surface area contributed by atoms with Crippen LogP contribution >= 0.6 is 11.3 Å². The van der Waals surface area contributed by atoms with Crippen LogP contribution in [0.5, 0.6) is 5.75 Å². The summed E-state index contributed by atoms with van der Waals surface area (Å²) in [6.07, 6.45) is 1.73. The third-order valence-corrected chi connectivity index (χ3v) is 3.22. The van der Waals surface area contributed by atoms with E-state index in [0.29, 0.717) is 17.4 Å². The highest BCUT2D eigenvalue weighted by atomic mass is 32.1. The molecule has 0 radical (unpaired) electrons. The summed E-state index contributed by atoms with van der Waals surface area (Å²) >= 11 is 1.35. The zero-order valence-corrected chi connectivity index (χ0v) is 12.3. The summed E-state index contributed by atoms with van der Waals surface area (Å²) in [5.74, 6) is -0.109. The van der Waals surface area contributed by atoms with Crippen LogP contribution in [0.1, 0.15) is 18.2 Å². The Morgan fingerprint density at radius 1 is 1.57 bits per heavy atom. The van der Waals surface area contributed by atoms with Gasteiger partial charge in [0.25, 0.3) is 0 Å². The fourth-order valence-electron chi connectivity index (χ4n) is 1.57. The number of aromatic hydroxyl groups is 1. The molecular formula is C14H15N3O3S. The lowest BCUT2D eigenvalue weighted by atomic mass is 10.2. The van der Waals surface area contributed by atoms with Gasteiger partial charge in [-0.05, 0) is 24.6 Å². The number of hydrogen-bond acceptors (Lipinski definition) is 7. The summed E-state index contributed by atoms with van der Waals surface area (Å²) in [7, 11) is 0. The van der Waals surface area contributed by atoms with Gasteiger partial charge in [0.1, 0.15) is 5.75 Å². The average molecular weight is 305 g/mol. The van der Waals surface area contributed by atoms with Gasteiger partial charge in [0.15, 0.2) is 0 Å². The molecule has 0 amide bonds. The molecule has 1 heterocycles. The van der Waals surface area contributed by atoms with Gasteiger partial charge in [0.2, 0.25) is 5.13 Å². The molecule has 0 aliphatic rings. The number of aromatic nitrogens is 1. The summed E-state index contributed by atoms with van der Waals surface area (Å²) in [6, 6.07) is 6.74. The Labute approximate surface area is 126 Å². The zero-order chi connectivity index (χ0) is 15.1. The monoisotopic (exact) mass is 305 g/mol. The molecule has 7 heteroatoms. The van der Waals surface area contributed by atoms with Crippen molar-refractivity contribution in [2.45, 2.75) is 13.3 Å². The van der Waals surface area contributed by atoms with Gasteiger partial charge < -0.3 is 9.84 Å². The third-order valence-electron chi connectivity index (χ3n) is 2.43. The van der Waals surface area contributed by atoms with Gasteiger partial charge in [-0.3, -0.25) is 10.2 Å². The predicted octanol–water partition coefficient (Wildman–Crippen LogP) is 2.40. The number of anilines is 1. The zero-order valence-electron chi connectivity index (χ0n) is 11.4. The van der Waals surface area contributed by atoms with Crippen LogP contribution in [0.3, 0.4) is 0 Å². The molecule has 1 aromatic heterocycles. The number of ether oxygens (including phenoxy) is 1. The second-order valence-electron chi connectivity index (χ2n) is 4.09. The van der Waals surface area contributed by atoms with Crippen molar-refractivity contribution >= 4 is 28.7 Å². The van der Waals surface area contributed by atoms with Gasteiger partial charge in [-0.15, -0.1) is 11.3 Å². The van der Waals surface area contributed by atoms with Crippen molar-refractivity contribution in [2.24, 2.45) is 5.10 Å². The Bertz CT molecular complexity index is 640. The Hall–Kier alpha value is -2.41. The van der Waals surface area contributed by atoms with Crippen LogP contribution in [0.4, 0.5) is 5.13 Å². The predicted molar refractivity (Wildman–Crippen MR) is 81.8 cm³/mol. The molecule has 2 aromatic rings. The summed E-state index contributed by atoms with van der Waals surface area (Å²) in [6.45, 7) is 2.13. The Balaban J connectivity index is 1.89. The van der Waals surface area contributed by atoms with Gasteiger partial charge in [0, 0.05) is 5.38 Å². The number of benzene rings is 1. The van der Waals surface area contributed by atoms with Crippen molar-refractivity contribution < 1.29 is 14.6 Å². The maximum Gasteiger partial charge on any atom is 0.311 e. The van der Waals surface area contributed by atoms with Crippen molar-refractivity contribution in [3.05, 3.63) is 40.9 Å². The Morgan fingerprint density at radius 2 is 2.43 bits per heavy atom. The summed E-state index contributed by atoms with van der Waals surface area (Å²) in [5, 5.41) is 15.7. The smallest absolute Gasteiger partial charge is 0.311 e. The topological polar surface area (TPSA) is 83.8 Å². The lowest BCUT2D eigenvalue weighted by Gasteiger charge is -1.98. The third kappa shape index (κ3) is 4.88. The fraction of sp³-hybridized carbons (Fsp3) is 0.214. The maximum atomic E-state index is 11.3. The molecular weight excluding hydrogens is 290 g/mol. The highest BCUT2D eigenvalue weighted by Crippen LogP contribution is 2.16. The summed E-state index contributed by atoms with van der Waals surface area (Å²) in [5.41, 5.74) is 4.20. The molecule has 21 heavy (non-hydrogen) atoms. The minimum absolute atomic E-state index is 0.155. The van der Waals surface area contributed by atoms with E-state index in [4.69, 9.17) is 4.74 Å². The summed E-state index contributed by atoms with van der Waals surface area (Å²) in [4.78, 5) is 15.5. The van der Waals surface area contributed by atoms with E-state index in [1.54, 1.807) is 36.7 Å². The van der Waals surface area contributed by atoms with E-state index in [1.165, 1.54) is 11.3 Å². The SMILES string of the molecule is CCOC(=O)Cc1csc(N/N=C\c2cccc(O)c2)n1. The molecule has 110 valence electrons. The molecule has 0 atom stereocenters. The number of carbonyl (C=O) groups excluding carboxylic acids is 1. The van der Waals surface area contributed by atoms with E-state index in [1.807, 2.05) is 6.07 Å². The number of nitrogens with zero attached hydrogens (tertiary/aromatic N) is 2. The molecule has 1 aromatic carbocycles. The second kappa shape index (κ2) is 7.39. The molecule has 0 aliphatic heterocycles. The van der Waals surface area contributed by atoms with Crippen LogP contribution in [-0.2, 0) is 16.0 Å². The Morgan fingerprint density at radius 3 is 3.19 bits per heavy atom. The minimum Gasteiger partial charge on any atom is -0.508 e. The molecule has 0 spiro atoms. The fourth-order valence-corrected chi connectivity index (χ4v) is 2.23. The van der Waals surface area contributed by atoms with E-state index in [-0.39, 0.29) is 18.1 Å². The van der Waals surface area contributed by atoms with E-state index < -0.39 is 0 Å². The van der Waals surface area contributed by atoms with Gasteiger partial charge in [-0.2, -0.15) is 5.10 Å². The van der Waals surface area contributed by atoms with Crippen LogP contribution in [0.2, 0.25) is 0 Å². The van der Waals surface area contributed by atoms with Crippen LogP contribution < -0.4 is 5.43 Å². The van der Waals surface area contributed by atoms with Crippen LogP contribution in [0.15, 0.2) is 34.7 Å². The molecule has 6 nitrogen and oxygen atoms in total. The number of thiazole rings is 1. The highest BCUT2D eigenvalue weighted by Gasteiger charge is 2.07. The van der Waals surface area contributed by atoms with Crippen LogP contribution in [-0.4, -0.2) is 28.9 Å². The first kappa shape index (κ1) is 15.0. The number of nitrogens with one attached hydrogen (secondary N) is 1. The van der Waals surface area contributed by atoms with Crippen molar-refractivity contribution in [1.29, 1.82) is 0 Å². The molecule has 0 saturated heterocycles. The van der Waals surface area contributed by atoms with Gasteiger partial charge in [0.05, 0.1) is 24.9 Å². The van der Waals surface area contributed by atoms with E-state index in [9.17, 15) is 9.90 Å². The van der Waals surface area contributed by atoms with Crippen LogP contribution in [0.25, 0.3) is 0 Å². The quantitative estimate of drug-likeness (QED) is 0.486. The van der Waals surface area contributed by atoms with Gasteiger partial charge in [-0.25, -0.2) is 4.98 Å². The number of esters is 1. The number of phenols is 1. The Kier molecular flexibility index (Phi) is 5.28. The largest absolute Gasteiger partial charge is 0.508 e. The average Bonchev–Trinajstić information content (AvgIpc) is 2.86. The first-order chi connectivity index (χ1) is 10.2. The van der Waals surface area contributed by atoms with Gasteiger partial charge >= 0.3 is 5.97 Å². The minimum atomic E-state index is -0.294. The van der Waals surface area contributed by atoms with Crippen molar-refractivity contribution in [1.82, 2.24) is 4.98 Å². The molecule has 0 unspecified atom stereocenters. The highest BCUT2D eigenvalue weighted by molar-refractivity contribution is 7.13. The second-order valence-corrected chi connectivity index (χ2v) is 4.95. The lowest BCUT2D eigenvalue weighted by molar-refractivity contribution is -0.142. The van der Waals surface area contributed by atoms with Crippen molar-refractivity contribution in [3.63, 3.8) is 0 Å².